The number of fused-ring (bicyclic) bond motifs is 3. The van der Waals surface area contributed by atoms with Crippen molar-refractivity contribution < 1.29 is 4.79 Å². The Morgan fingerprint density at radius 3 is 2.90 bits per heavy atom. The minimum absolute atomic E-state index is 0.171. The third-order valence-electron chi connectivity index (χ3n) is 4.87. The van der Waals surface area contributed by atoms with Gasteiger partial charge in [-0.25, -0.2) is 0 Å². The molecule has 2 aromatic rings. The van der Waals surface area contributed by atoms with E-state index in [1.165, 1.54) is 16.6 Å². The Hall–Kier alpha value is -1.81. The highest BCUT2D eigenvalue weighted by Crippen LogP contribution is 2.30. The smallest absolute Gasteiger partial charge is 0.253 e. The number of benzene rings is 1. The third-order valence-corrected chi connectivity index (χ3v) is 4.87. The third kappa shape index (κ3) is 2.14. The minimum Gasteiger partial charge on any atom is -0.358 e. The van der Waals surface area contributed by atoms with E-state index in [0.717, 1.165) is 56.3 Å². The molecule has 2 heterocycles. The molecule has 1 aromatic carbocycles. The summed E-state index contributed by atoms with van der Waals surface area (Å²) in [6.45, 7) is 1.79. The van der Waals surface area contributed by atoms with Crippen molar-refractivity contribution in [3.8, 4) is 0 Å². The summed E-state index contributed by atoms with van der Waals surface area (Å²) in [6.07, 6.45) is 5.22. The summed E-state index contributed by atoms with van der Waals surface area (Å²) in [5.41, 5.74) is 10.7. The zero-order valence-corrected chi connectivity index (χ0v) is 12.2. The highest BCUT2D eigenvalue weighted by molar-refractivity contribution is 5.99. The first-order valence-electron chi connectivity index (χ1n) is 7.91. The Kier molecular flexibility index (Phi) is 3.00. The largest absolute Gasteiger partial charge is 0.358 e. The fraction of sp³-hybridized carbons (Fsp3) is 0.471. The molecule has 0 bridgehead atoms. The summed E-state index contributed by atoms with van der Waals surface area (Å²) >= 11 is 0. The van der Waals surface area contributed by atoms with Crippen molar-refractivity contribution in [3.05, 3.63) is 35.0 Å². The number of nitrogens with two attached hydrogens (primary N) is 1. The van der Waals surface area contributed by atoms with Crippen LogP contribution >= 0.6 is 0 Å². The van der Waals surface area contributed by atoms with Crippen LogP contribution in [0.5, 0.6) is 0 Å². The van der Waals surface area contributed by atoms with E-state index in [1.54, 1.807) is 0 Å². The lowest BCUT2D eigenvalue weighted by Gasteiger charge is -2.18. The number of rotatable bonds is 1. The molecule has 1 amide bonds. The Morgan fingerprint density at radius 2 is 2.10 bits per heavy atom. The zero-order valence-electron chi connectivity index (χ0n) is 12.2. The number of aryl methyl sites for hydroxylation is 1. The fourth-order valence-electron chi connectivity index (χ4n) is 3.68. The summed E-state index contributed by atoms with van der Waals surface area (Å²) in [4.78, 5) is 18.0. The summed E-state index contributed by atoms with van der Waals surface area (Å²) < 4.78 is 0. The second-order valence-corrected chi connectivity index (χ2v) is 6.34. The van der Waals surface area contributed by atoms with Gasteiger partial charge in [-0.1, -0.05) is 0 Å². The molecule has 1 fully saturated rings. The molecular formula is C17H21N3O. The molecule has 1 saturated heterocycles. The van der Waals surface area contributed by atoms with Crippen LogP contribution < -0.4 is 5.73 Å². The van der Waals surface area contributed by atoms with Crippen molar-refractivity contribution in [1.29, 1.82) is 0 Å². The number of carbonyl (C=O) groups excluding carboxylic acids is 1. The van der Waals surface area contributed by atoms with Gasteiger partial charge < -0.3 is 15.6 Å². The number of hydrogen-bond acceptors (Lipinski definition) is 2. The average molecular weight is 283 g/mol. The maximum atomic E-state index is 12.5. The van der Waals surface area contributed by atoms with Gasteiger partial charge in [0.2, 0.25) is 0 Å². The Balaban J connectivity index is 1.75. The van der Waals surface area contributed by atoms with Crippen LogP contribution in [0.15, 0.2) is 18.2 Å². The van der Waals surface area contributed by atoms with Crippen LogP contribution in [-0.2, 0) is 12.8 Å². The van der Waals surface area contributed by atoms with Crippen molar-refractivity contribution in [1.82, 2.24) is 9.88 Å². The van der Waals surface area contributed by atoms with E-state index < -0.39 is 0 Å². The van der Waals surface area contributed by atoms with E-state index in [0.29, 0.717) is 0 Å². The fourth-order valence-corrected chi connectivity index (χ4v) is 3.68. The van der Waals surface area contributed by atoms with Gasteiger partial charge in [0.25, 0.3) is 5.91 Å². The summed E-state index contributed by atoms with van der Waals surface area (Å²) in [5.74, 6) is 0.171. The summed E-state index contributed by atoms with van der Waals surface area (Å²) in [7, 11) is 0. The number of aromatic nitrogens is 1. The number of aromatic amines is 1. The van der Waals surface area contributed by atoms with E-state index in [9.17, 15) is 4.79 Å². The molecule has 110 valence electrons. The van der Waals surface area contributed by atoms with Crippen LogP contribution in [0.25, 0.3) is 10.9 Å². The molecule has 1 aromatic heterocycles. The number of hydrogen-bond donors (Lipinski definition) is 2. The van der Waals surface area contributed by atoms with Gasteiger partial charge in [0.15, 0.2) is 0 Å². The highest BCUT2D eigenvalue weighted by Gasteiger charge is 2.23. The first-order chi connectivity index (χ1) is 10.2. The SMILES string of the molecule is NC1CCc2[nH]c3ccc(C(=O)N4CCCC4)cc3c2C1. The van der Waals surface area contributed by atoms with Crippen molar-refractivity contribution in [2.24, 2.45) is 5.73 Å². The van der Waals surface area contributed by atoms with Crippen LogP contribution in [-0.4, -0.2) is 34.9 Å². The van der Waals surface area contributed by atoms with E-state index in [2.05, 4.69) is 11.1 Å². The molecule has 2 aliphatic rings. The number of nitrogens with one attached hydrogen (secondary N) is 1. The van der Waals surface area contributed by atoms with Gasteiger partial charge >= 0.3 is 0 Å². The number of amides is 1. The lowest BCUT2D eigenvalue weighted by molar-refractivity contribution is 0.0793. The van der Waals surface area contributed by atoms with Gasteiger partial charge in [-0.2, -0.15) is 0 Å². The number of H-pyrrole nitrogens is 1. The van der Waals surface area contributed by atoms with Gasteiger partial charge in [-0.3, -0.25) is 4.79 Å². The zero-order chi connectivity index (χ0) is 14.4. The molecule has 1 atom stereocenters. The van der Waals surface area contributed by atoms with Gasteiger partial charge in [-0.15, -0.1) is 0 Å². The molecule has 0 saturated carbocycles. The average Bonchev–Trinajstić information content (AvgIpc) is 3.13. The Bertz CT molecular complexity index is 697. The van der Waals surface area contributed by atoms with Gasteiger partial charge in [0, 0.05) is 41.3 Å². The number of likely N-dealkylation sites (tertiary alicyclic amines) is 1. The first kappa shape index (κ1) is 12.9. The monoisotopic (exact) mass is 283 g/mol. The van der Waals surface area contributed by atoms with Gasteiger partial charge in [0.1, 0.15) is 0 Å². The Labute approximate surface area is 124 Å². The van der Waals surface area contributed by atoms with Gasteiger partial charge in [0.05, 0.1) is 0 Å². The van der Waals surface area contributed by atoms with Crippen molar-refractivity contribution in [2.75, 3.05) is 13.1 Å². The van der Waals surface area contributed by atoms with Crippen LogP contribution in [0.2, 0.25) is 0 Å². The summed E-state index contributed by atoms with van der Waals surface area (Å²) in [5, 5.41) is 1.19. The molecule has 0 radical (unpaired) electrons. The van der Waals surface area contributed by atoms with E-state index in [4.69, 9.17) is 5.73 Å². The van der Waals surface area contributed by atoms with Crippen LogP contribution in [0.1, 0.15) is 40.9 Å². The maximum Gasteiger partial charge on any atom is 0.253 e. The number of nitrogens with zero attached hydrogens (tertiary/aromatic N) is 1. The molecule has 3 N–H and O–H groups in total. The normalized spacial score (nSPS) is 21.8. The van der Waals surface area contributed by atoms with Crippen molar-refractivity contribution in [2.45, 2.75) is 38.1 Å². The highest BCUT2D eigenvalue weighted by atomic mass is 16.2. The van der Waals surface area contributed by atoms with E-state index in [1.807, 2.05) is 17.0 Å². The lowest BCUT2D eigenvalue weighted by Crippen LogP contribution is -2.28. The molecule has 0 spiro atoms. The predicted molar refractivity (Wildman–Crippen MR) is 83.4 cm³/mol. The molecule has 4 nitrogen and oxygen atoms in total. The van der Waals surface area contributed by atoms with Crippen LogP contribution in [0.4, 0.5) is 0 Å². The Morgan fingerprint density at radius 1 is 1.29 bits per heavy atom. The van der Waals surface area contributed by atoms with Crippen molar-refractivity contribution >= 4 is 16.8 Å². The predicted octanol–water partition coefficient (Wildman–Crippen LogP) is 2.22. The van der Waals surface area contributed by atoms with E-state index >= 15 is 0 Å². The standard InChI is InChI=1S/C17H21N3O/c18-12-4-6-16-14(10-12)13-9-11(3-5-15(13)19-16)17(21)20-7-1-2-8-20/h3,5,9,12,19H,1-2,4,6-8,10,18H2. The van der Waals surface area contributed by atoms with Crippen LogP contribution in [0, 0.1) is 0 Å². The second kappa shape index (κ2) is 4.88. The second-order valence-electron chi connectivity index (χ2n) is 6.34. The molecule has 21 heavy (non-hydrogen) atoms. The molecule has 1 aliphatic carbocycles. The quantitative estimate of drug-likeness (QED) is 0.843. The van der Waals surface area contributed by atoms with E-state index in [-0.39, 0.29) is 11.9 Å². The molecule has 1 unspecified atom stereocenters. The molecular weight excluding hydrogens is 262 g/mol. The number of carbonyl (C=O) groups is 1. The summed E-state index contributed by atoms with van der Waals surface area (Å²) in [6, 6.07) is 6.30. The maximum absolute atomic E-state index is 12.5. The van der Waals surface area contributed by atoms with Gasteiger partial charge in [-0.05, 0) is 55.9 Å². The molecule has 1 aliphatic heterocycles. The lowest BCUT2D eigenvalue weighted by atomic mass is 9.92. The van der Waals surface area contributed by atoms with Crippen LogP contribution in [0.3, 0.4) is 0 Å². The molecule has 4 heteroatoms. The molecule has 4 rings (SSSR count). The minimum atomic E-state index is 0.171. The van der Waals surface area contributed by atoms with Crippen molar-refractivity contribution in [3.63, 3.8) is 0 Å². The topological polar surface area (TPSA) is 62.1 Å². The first-order valence-corrected chi connectivity index (χ1v) is 7.91.